The number of nitrogens with two attached hydrogens (primary N) is 1. The van der Waals surface area contributed by atoms with Gasteiger partial charge in [-0.3, -0.25) is 4.79 Å². The van der Waals surface area contributed by atoms with E-state index in [1.807, 2.05) is 35.2 Å². The fraction of sp³-hybridized carbons (Fsp3) is 0.400. The lowest BCUT2D eigenvalue weighted by Crippen LogP contribution is -2.51. The van der Waals surface area contributed by atoms with E-state index >= 15 is 0 Å². The fourth-order valence-corrected chi connectivity index (χ4v) is 3.56. The summed E-state index contributed by atoms with van der Waals surface area (Å²) >= 11 is 0. The molecule has 2 N–H and O–H groups in total. The van der Waals surface area contributed by atoms with E-state index in [-0.39, 0.29) is 5.91 Å². The van der Waals surface area contributed by atoms with Crippen molar-refractivity contribution in [3.8, 4) is 0 Å². The Balaban J connectivity index is 1.30. The molecule has 1 aromatic heterocycles. The van der Waals surface area contributed by atoms with Crippen LogP contribution < -0.4 is 15.5 Å². The van der Waals surface area contributed by atoms with E-state index in [4.69, 9.17) is 5.73 Å². The van der Waals surface area contributed by atoms with Crippen LogP contribution in [0.15, 0.2) is 47.7 Å². The van der Waals surface area contributed by atoms with Crippen LogP contribution in [0, 0.1) is 0 Å². The first-order chi connectivity index (χ1) is 13.7. The molecule has 0 atom stereocenters. The number of guanidine groups is 1. The van der Waals surface area contributed by atoms with Crippen LogP contribution in [-0.2, 0) is 11.3 Å². The van der Waals surface area contributed by atoms with E-state index < -0.39 is 0 Å². The molecule has 2 aliphatic heterocycles. The second-order valence-corrected chi connectivity index (χ2v) is 7.01. The Hall–Kier alpha value is -3.16. The maximum Gasteiger partial charge on any atom is 0.227 e. The Labute approximate surface area is 164 Å². The first kappa shape index (κ1) is 18.2. The van der Waals surface area contributed by atoms with Gasteiger partial charge < -0.3 is 20.4 Å². The van der Waals surface area contributed by atoms with Crippen LogP contribution in [-0.4, -0.2) is 59.5 Å². The van der Waals surface area contributed by atoms with Gasteiger partial charge in [-0.1, -0.05) is 12.1 Å². The Kier molecular flexibility index (Phi) is 5.36. The third-order valence-corrected chi connectivity index (χ3v) is 5.18. The highest BCUT2D eigenvalue weighted by atomic mass is 16.2. The number of carbonyl (C=O) groups is 1. The van der Waals surface area contributed by atoms with Gasteiger partial charge in [0.05, 0.1) is 6.54 Å². The van der Waals surface area contributed by atoms with Crippen molar-refractivity contribution in [2.45, 2.75) is 19.4 Å². The van der Waals surface area contributed by atoms with Crippen molar-refractivity contribution >= 4 is 23.5 Å². The minimum atomic E-state index is 0.204. The first-order valence-electron chi connectivity index (χ1n) is 9.67. The van der Waals surface area contributed by atoms with Gasteiger partial charge in [-0.15, -0.1) is 0 Å². The zero-order valence-electron chi connectivity index (χ0n) is 15.9. The Bertz CT molecular complexity index is 829. The summed E-state index contributed by atoms with van der Waals surface area (Å²) in [6, 6.07) is 9.83. The summed E-state index contributed by atoms with van der Waals surface area (Å²) in [5, 5.41) is 0. The number of aromatic nitrogens is 2. The van der Waals surface area contributed by atoms with Crippen molar-refractivity contribution in [2.24, 2.45) is 10.7 Å². The first-order valence-corrected chi connectivity index (χ1v) is 9.67. The third-order valence-electron chi connectivity index (χ3n) is 5.18. The number of piperazine rings is 1. The van der Waals surface area contributed by atoms with Crippen molar-refractivity contribution in [3.05, 3.63) is 48.3 Å². The van der Waals surface area contributed by atoms with Crippen LogP contribution in [0.25, 0.3) is 0 Å². The van der Waals surface area contributed by atoms with Gasteiger partial charge in [0.15, 0.2) is 5.96 Å². The van der Waals surface area contributed by atoms with Crippen molar-refractivity contribution < 1.29 is 4.79 Å². The number of amides is 1. The summed E-state index contributed by atoms with van der Waals surface area (Å²) in [4.78, 5) is 31.1. The predicted octanol–water partition coefficient (Wildman–Crippen LogP) is 1.24. The van der Waals surface area contributed by atoms with Gasteiger partial charge in [0.1, 0.15) is 0 Å². The molecule has 0 radical (unpaired) electrons. The summed E-state index contributed by atoms with van der Waals surface area (Å²) < 4.78 is 0. The van der Waals surface area contributed by atoms with Crippen molar-refractivity contribution in [2.75, 3.05) is 42.5 Å². The van der Waals surface area contributed by atoms with Gasteiger partial charge in [0.2, 0.25) is 11.9 Å². The molecule has 8 nitrogen and oxygen atoms in total. The molecule has 1 aromatic carbocycles. The standard InChI is InChI=1S/C20H25N7O/c21-19(25-11-13-26(14-12-25)20-22-8-2-9-23-20)24-15-16-4-6-17(7-5-16)27-10-1-3-18(27)28/h2,4-9H,1,3,10-15H2,(H2,21,24). The number of hydrogen-bond donors (Lipinski definition) is 1. The van der Waals surface area contributed by atoms with Crippen molar-refractivity contribution in [1.82, 2.24) is 14.9 Å². The highest BCUT2D eigenvalue weighted by molar-refractivity contribution is 5.95. The van der Waals surface area contributed by atoms with Gasteiger partial charge in [-0.05, 0) is 30.2 Å². The van der Waals surface area contributed by atoms with E-state index in [1.54, 1.807) is 12.4 Å². The minimum Gasteiger partial charge on any atom is -0.370 e. The molecule has 146 valence electrons. The van der Waals surface area contributed by atoms with Crippen LogP contribution in [0.4, 0.5) is 11.6 Å². The van der Waals surface area contributed by atoms with E-state index in [2.05, 4.69) is 24.8 Å². The van der Waals surface area contributed by atoms with Gasteiger partial charge in [0, 0.05) is 57.2 Å². The molecule has 1 amide bonds. The molecule has 28 heavy (non-hydrogen) atoms. The average molecular weight is 379 g/mol. The number of hydrogen-bond acceptors (Lipinski definition) is 5. The highest BCUT2D eigenvalue weighted by Crippen LogP contribution is 2.21. The minimum absolute atomic E-state index is 0.204. The monoisotopic (exact) mass is 379 g/mol. The number of aliphatic imine (C=N–C) groups is 1. The number of benzene rings is 1. The molecular formula is C20H25N7O. The average Bonchev–Trinajstić information content (AvgIpc) is 3.19. The van der Waals surface area contributed by atoms with E-state index in [0.29, 0.717) is 18.9 Å². The Morgan fingerprint density at radius 3 is 2.39 bits per heavy atom. The third kappa shape index (κ3) is 4.05. The topological polar surface area (TPSA) is 91.0 Å². The summed E-state index contributed by atoms with van der Waals surface area (Å²) in [6.07, 6.45) is 5.10. The largest absolute Gasteiger partial charge is 0.370 e. The maximum atomic E-state index is 11.8. The second-order valence-electron chi connectivity index (χ2n) is 7.01. The Morgan fingerprint density at radius 1 is 1.04 bits per heavy atom. The zero-order chi connectivity index (χ0) is 19.3. The number of rotatable bonds is 4. The molecule has 0 bridgehead atoms. The lowest BCUT2D eigenvalue weighted by Gasteiger charge is -2.35. The predicted molar refractivity (Wildman–Crippen MR) is 109 cm³/mol. The summed E-state index contributed by atoms with van der Waals surface area (Å²) in [7, 11) is 0. The quantitative estimate of drug-likeness (QED) is 0.635. The maximum absolute atomic E-state index is 11.8. The van der Waals surface area contributed by atoms with Gasteiger partial charge >= 0.3 is 0 Å². The van der Waals surface area contributed by atoms with E-state index in [0.717, 1.165) is 56.3 Å². The number of carbonyl (C=O) groups excluding carboxylic acids is 1. The highest BCUT2D eigenvalue weighted by Gasteiger charge is 2.22. The molecule has 4 rings (SSSR count). The normalized spacial score (nSPS) is 18.1. The lowest BCUT2D eigenvalue weighted by molar-refractivity contribution is -0.117. The smallest absolute Gasteiger partial charge is 0.227 e. The van der Waals surface area contributed by atoms with Gasteiger partial charge in [-0.25, -0.2) is 15.0 Å². The summed E-state index contributed by atoms with van der Waals surface area (Å²) in [5.74, 6) is 1.52. The lowest BCUT2D eigenvalue weighted by atomic mass is 10.2. The molecule has 0 unspecified atom stereocenters. The van der Waals surface area contributed by atoms with Gasteiger partial charge in [0.25, 0.3) is 0 Å². The van der Waals surface area contributed by atoms with E-state index in [1.165, 1.54) is 0 Å². The van der Waals surface area contributed by atoms with E-state index in [9.17, 15) is 4.79 Å². The molecule has 0 spiro atoms. The second kappa shape index (κ2) is 8.24. The molecule has 0 saturated carbocycles. The molecule has 2 aliphatic rings. The van der Waals surface area contributed by atoms with Crippen LogP contribution in [0.2, 0.25) is 0 Å². The SMILES string of the molecule is NC(=NCc1ccc(N2CCCC2=O)cc1)N1CCN(c2ncccn2)CC1. The molecule has 2 saturated heterocycles. The molecule has 8 heteroatoms. The van der Waals surface area contributed by atoms with Crippen LogP contribution in [0.5, 0.6) is 0 Å². The van der Waals surface area contributed by atoms with Crippen LogP contribution >= 0.6 is 0 Å². The van der Waals surface area contributed by atoms with Crippen molar-refractivity contribution in [1.29, 1.82) is 0 Å². The fourth-order valence-electron chi connectivity index (χ4n) is 3.56. The van der Waals surface area contributed by atoms with Crippen LogP contribution in [0.1, 0.15) is 18.4 Å². The molecule has 3 heterocycles. The van der Waals surface area contributed by atoms with Crippen molar-refractivity contribution in [3.63, 3.8) is 0 Å². The number of anilines is 2. The number of nitrogens with zero attached hydrogens (tertiary/aromatic N) is 6. The molecule has 2 fully saturated rings. The molecule has 2 aromatic rings. The zero-order valence-corrected chi connectivity index (χ0v) is 15.9. The molecule has 0 aliphatic carbocycles. The summed E-state index contributed by atoms with van der Waals surface area (Å²) in [5.41, 5.74) is 8.24. The van der Waals surface area contributed by atoms with Gasteiger partial charge in [-0.2, -0.15) is 0 Å². The summed E-state index contributed by atoms with van der Waals surface area (Å²) in [6.45, 7) is 4.57. The van der Waals surface area contributed by atoms with Crippen LogP contribution in [0.3, 0.4) is 0 Å². The molecular weight excluding hydrogens is 354 g/mol. The Morgan fingerprint density at radius 2 is 1.75 bits per heavy atom.